The number of rotatable bonds is 8. The minimum atomic E-state index is 1.15. The summed E-state index contributed by atoms with van der Waals surface area (Å²) >= 11 is 0. The van der Waals surface area contributed by atoms with Gasteiger partial charge in [-0.15, -0.1) is 0 Å². The second kappa shape index (κ2) is 8.51. The highest BCUT2D eigenvalue weighted by Crippen LogP contribution is 2.25. The summed E-state index contributed by atoms with van der Waals surface area (Å²) in [4.78, 5) is 0. The van der Waals surface area contributed by atoms with Crippen molar-refractivity contribution in [2.45, 2.75) is 52.4 Å². The fraction of sp³-hybridized carbons (Fsp3) is 0.400. The Morgan fingerprint density at radius 2 is 1.10 bits per heavy atom. The van der Waals surface area contributed by atoms with Gasteiger partial charge in [0.2, 0.25) is 0 Å². The number of para-hydroxylation sites is 2. The Morgan fingerprint density at radius 1 is 0.667 bits per heavy atom. The first-order valence-corrected chi connectivity index (χ1v) is 8.28. The lowest BCUT2D eigenvalue weighted by Gasteiger charge is -2.15. The molecule has 1 heteroatoms. The van der Waals surface area contributed by atoms with Crippen LogP contribution in [0.4, 0.5) is 11.4 Å². The van der Waals surface area contributed by atoms with Crippen molar-refractivity contribution in [1.29, 1.82) is 0 Å². The molecular weight excluding hydrogens is 254 g/mol. The van der Waals surface area contributed by atoms with E-state index in [2.05, 4.69) is 67.7 Å². The number of aryl methyl sites for hydroxylation is 2. The first kappa shape index (κ1) is 15.6. The number of hydrogen-bond acceptors (Lipinski definition) is 1. The van der Waals surface area contributed by atoms with Crippen LogP contribution in [0, 0.1) is 0 Å². The van der Waals surface area contributed by atoms with Gasteiger partial charge in [-0.25, -0.2) is 0 Å². The van der Waals surface area contributed by atoms with Crippen LogP contribution in [-0.4, -0.2) is 0 Å². The van der Waals surface area contributed by atoms with Crippen LogP contribution in [0.15, 0.2) is 48.5 Å². The Balaban J connectivity index is 2.18. The highest BCUT2D eigenvalue weighted by molar-refractivity contribution is 5.66. The minimum absolute atomic E-state index is 1.15. The topological polar surface area (TPSA) is 12.0 Å². The van der Waals surface area contributed by atoms with Crippen molar-refractivity contribution < 1.29 is 0 Å². The van der Waals surface area contributed by atoms with Crippen molar-refractivity contribution in [2.24, 2.45) is 0 Å². The number of unbranched alkanes of at least 4 members (excludes halogenated alkanes) is 2. The lowest BCUT2D eigenvalue weighted by molar-refractivity contribution is 0.794. The van der Waals surface area contributed by atoms with Crippen LogP contribution in [-0.2, 0) is 12.8 Å². The normalized spacial score (nSPS) is 10.6. The lowest BCUT2D eigenvalue weighted by Crippen LogP contribution is -1.99. The zero-order valence-corrected chi connectivity index (χ0v) is 13.4. The third-order valence-corrected chi connectivity index (χ3v) is 3.90. The smallest absolute Gasteiger partial charge is 0.0416 e. The predicted molar refractivity (Wildman–Crippen MR) is 93.4 cm³/mol. The van der Waals surface area contributed by atoms with Crippen LogP contribution in [0.25, 0.3) is 0 Å². The summed E-state index contributed by atoms with van der Waals surface area (Å²) in [6.45, 7) is 4.49. The number of anilines is 2. The molecule has 0 radical (unpaired) electrons. The van der Waals surface area contributed by atoms with E-state index in [0.717, 1.165) is 12.8 Å². The molecule has 0 saturated carbocycles. The molecular formula is C20H27N. The predicted octanol–water partition coefficient (Wildman–Crippen LogP) is 6.12. The van der Waals surface area contributed by atoms with Gasteiger partial charge in [-0.2, -0.15) is 0 Å². The van der Waals surface area contributed by atoms with Crippen LogP contribution in [0.5, 0.6) is 0 Å². The second-order valence-electron chi connectivity index (χ2n) is 5.65. The summed E-state index contributed by atoms with van der Waals surface area (Å²) in [7, 11) is 0. The highest BCUT2D eigenvalue weighted by atomic mass is 14.9. The zero-order valence-electron chi connectivity index (χ0n) is 13.4. The molecule has 1 N–H and O–H groups in total. The Labute approximate surface area is 129 Å². The van der Waals surface area contributed by atoms with E-state index in [1.165, 1.54) is 48.2 Å². The van der Waals surface area contributed by atoms with E-state index in [1.807, 2.05) is 0 Å². The molecule has 2 aromatic rings. The Kier molecular flexibility index (Phi) is 6.33. The number of nitrogens with one attached hydrogen (secondary N) is 1. The molecule has 21 heavy (non-hydrogen) atoms. The van der Waals surface area contributed by atoms with Gasteiger partial charge in [-0.05, 0) is 48.9 Å². The molecule has 0 spiro atoms. The average Bonchev–Trinajstić information content (AvgIpc) is 2.53. The van der Waals surface area contributed by atoms with E-state index >= 15 is 0 Å². The van der Waals surface area contributed by atoms with Crippen LogP contribution < -0.4 is 5.32 Å². The first-order chi connectivity index (χ1) is 10.3. The zero-order chi connectivity index (χ0) is 14.9. The molecule has 0 bridgehead atoms. The molecule has 0 aliphatic carbocycles. The van der Waals surface area contributed by atoms with Crippen molar-refractivity contribution in [3.05, 3.63) is 59.7 Å². The lowest BCUT2D eigenvalue weighted by atomic mass is 10.0. The average molecular weight is 281 g/mol. The molecule has 0 heterocycles. The van der Waals surface area contributed by atoms with E-state index in [9.17, 15) is 0 Å². The fourth-order valence-electron chi connectivity index (χ4n) is 2.60. The van der Waals surface area contributed by atoms with Crippen molar-refractivity contribution in [3.8, 4) is 0 Å². The largest absolute Gasteiger partial charge is 0.355 e. The molecule has 1 nitrogen and oxygen atoms in total. The van der Waals surface area contributed by atoms with Gasteiger partial charge in [-0.3, -0.25) is 0 Å². The maximum absolute atomic E-state index is 3.66. The SMILES string of the molecule is CCCCc1ccccc1Nc1ccccc1CCCC. The fourth-order valence-corrected chi connectivity index (χ4v) is 2.60. The molecule has 0 saturated heterocycles. The monoisotopic (exact) mass is 281 g/mol. The van der Waals surface area contributed by atoms with Gasteiger partial charge in [0.1, 0.15) is 0 Å². The van der Waals surface area contributed by atoms with Gasteiger partial charge in [0.05, 0.1) is 0 Å². The van der Waals surface area contributed by atoms with Gasteiger partial charge >= 0.3 is 0 Å². The van der Waals surface area contributed by atoms with E-state index in [-0.39, 0.29) is 0 Å². The number of hydrogen-bond donors (Lipinski definition) is 1. The van der Waals surface area contributed by atoms with Crippen LogP contribution >= 0.6 is 0 Å². The van der Waals surface area contributed by atoms with Crippen LogP contribution in [0.2, 0.25) is 0 Å². The Bertz CT molecular complexity index is 496. The summed E-state index contributed by atoms with van der Waals surface area (Å²) < 4.78 is 0. The summed E-state index contributed by atoms with van der Waals surface area (Å²) in [6.07, 6.45) is 7.27. The van der Waals surface area contributed by atoms with Crippen molar-refractivity contribution in [2.75, 3.05) is 5.32 Å². The molecule has 2 rings (SSSR count). The van der Waals surface area contributed by atoms with Gasteiger partial charge in [0, 0.05) is 11.4 Å². The summed E-state index contributed by atoms with van der Waals surface area (Å²) in [5, 5.41) is 3.66. The maximum atomic E-state index is 3.66. The molecule has 0 unspecified atom stereocenters. The molecule has 2 aromatic carbocycles. The molecule has 0 aromatic heterocycles. The van der Waals surface area contributed by atoms with E-state index < -0.39 is 0 Å². The van der Waals surface area contributed by atoms with Crippen LogP contribution in [0.1, 0.15) is 50.7 Å². The standard InChI is InChI=1S/C20H27N/c1-3-5-11-17-13-7-9-15-19(17)21-20-16-10-8-14-18(20)12-6-4-2/h7-10,13-16,21H,3-6,11-12H2,1-2H3. The van der Waals surface area contributed by atoms with E-state index in [1.54, 1.807) is 0 Å². The minimum Gasteiger partial charge on any atom is -0.355 e. The quantitative estimate of drug-likeness (QED) is 0.615. The van der Waals surface area contributed by atoms with E-state index in [4.69, 9.17) is 0 Å². The molecule has 0 atom stereocenters. The molecule has 0 amide bonds. The van der Waals surface area contributed by atoms with Crippen LogP contribution in [0.3, 0.4) is 0 Å². The van der Waals surface area contributed by atoms with Gasteiger partial charge in [-0.1, -0.05) is 63.1 Å². The third-order valence-electron chi connectivity index (χ3n) is 3.90. The maximum Gasteiger partial charge on any atom is 0.0416 e. The van der Waals surface area contributed by atoms with Gasteiger partial charge in [0.25, 0.3) is 0 Å². The summed E-state index contributed by atoms with van der Waals surface area (Å²) in [5.41, 5.74) is 5.36. The Morgan fingerprint density at radius 3 is 1.52 bits per heavy atom. The van der Waals surface area contributed by atoms with Gasteiger partial charge in [0.15, 0.2) is 0 Å². The molecule has 112 valence electrons. The molecule has 0 fully saturated rings. The summed E-state index contributed by atoms with van der Waals surface area (Å²) in [6, 6.07) is 17.4. The van der Waals surface area contributed by atoms with E-state index in [0.29, 0.717) is 0 Å². The number of benzene rings is 2. The third kappa shape index (κ3) is 4.63. The highest BCUT2D eigenvalue weighted by Gasteiger charge is 2.05. The first-order valence-electron chi connectivity index (χ1n) is 8.28. The summed E-state index contributed by atoms with van der Waals surface area (Å²) in [5.74, 6) is 0. The second-order valence-corrected chi connectivity index (χ2v) is 5.65. The van der Waals surface area contributed by atoms with Crippen molar-refractivity contribution in [3.63, 3.8) is 0 Å². The van der Waals surface area contributed by atoms with Crippen molar-refractivity contribution in [1.82, 2.24) is 0 Å². The molecule has 0 aliphatic heterocycles. The van der Waals surface area contributed by atoms with Gasteiger partial charge < -0.3 is 5.32 Å². The molecule has 0 aliphatic rings. The van der Waals surface area contributed by atoms with Crippen molar-refractivity contribution >= 4 is 11.4 Å². The Hall–Kier alpha value is -1.76.